The van der Waals surface area contributed by atoms with Crippen LogP contribution >= 0.6 is 11.8 Å². The highest BCUT2D eigenvalue weighted by atomic mass is 32.2. The van der Waals surface area contributed by atoms with Gasteiger partial charge in [0, 0.05) is 23.6 Å². The SMILES string of the molecule is COCc1ccccc1NC(=O)CSC1CCNCC1. The standard InChI is InChI=1S/C15H22N2O2S/c1-19-10-12-4-2-3-5-14(12)17-15(18)11-20-13-6-8-16-9-7-13/h2-5,13,16H,6-11H2,1H3,(H,17,18). The number of piperidine rings is 1. The molecule has 0 aliphatic carbocycles. The molecule has 4 nitrogen and oxygen atoms in total. The number of anilines is 1. The Balaban J connectivity index is 1.81. The highest BCUT2D eigenvalue weighted by Crippen LogP contribution is 2.21. The first-order chi connectivity index (χ1) is 9.79. The van der Waals surface area contributed by atoms with Crippen molar-refractivity contribution in [2.24, 2.45) is 0 Å². The van der Waals surface area contributed by atoms with Crippen molar-refractivity contribution in [1.29, 1.82) is 0 Å². The van der Waals surface area contributed by atoms with E-state index in [1.807, 2.05) is 24.3 Å². The van der Waals surface area contributed by atoms with Crippen molar-refractivity contribution in [1.82, 2.24) is 5.32 Å². The van der Waals surface area contributed by atoms with E-state index in [2.05, 4.69) is 10.6 Å². The predicted molar refractivity (Wildman–Crippen MR) is 84.1 cm³/mol. The Labute approximate surface area is 124 Å². The number of nitrogens with one attached hydrogen (secondary N) is 2. The van der Waals surface area contributed by atoms with Crippen LogP contribution in [-0.2, 0) is 16.1 Å². The topological polar surface area (TPSA) is 50.4 Å². The molecule has 110 valence electrons. The molecule has 0 saturated carbocycles. The van der Waals surface area contributed by atoms with Crippen molar-refractivity contribution in [3.05, 3.63) is 29.8 Å². The van der Waals surface area contributed by atoms with E-state index in [9.17, 15) is 4.79 Å². The van der Waals surface area contributed by atoms with Gasteiger partial charge in [0.05, 0.1) is 12.4 Å². The largest absolute Gasteiger partial charge is 0.380 e. The number of methoxy groups -OCH3 is 1. The number of carbonyl (C=O) groups excluding carboxylic acids is 1. The van der Waals surface area contributed by atoms with Crippen LogP contribution in [0.1, 0.15) is 18.4 Å². The Morgan fingerprint density at radius 3 is 2.90 bits per heavy atom. The second-order valence-corrected chi connectivity index (χ2v) is 6.19. The van der Waals surface area contributed by atoms with Crippen molar-refractivity contribution in [3.8, 4) is 0 Å². The maximum Gasteiger partial charge on any atom is 0.234 e. The van der Waals surface area contributed by atoms with Gasteiger partial charge in [-0.05, 0) is 32.0 Å². The molecule has 1 amide bonds. The van der Waals surface area contributed by atoms with Crippen LogP contribution < -0.4 is 10.6 Å². The Morgan fingerprint density at radius 1 is 1.40 bits per heavy atom. The van der Waals surface area contributed by atoms with E-state index >= 15 is 0 Å². The Kier molecular flexibility index (Phi) is 6.36. The number of hydrogen-bond acceptors (Lipinski definition) is 4. The monoisotopic (exact) mass is 294 g/mol. The Hall–Kier alpha value is -1.04. The zero-order chi connectivity index (χ0) is 14.2. The first kappa shape index (κ1) is 15.4. The third kappa shape index (κ3) is 4.81. The minimum Gasteiger partial charge on any atom is -0.380 e. The van der Waals surface area contributed by atoms with Crippen molar-refractivity contribution in [2.45, 2.75) is 24.7 Å². The fourth-order valence-electron chi connectivity index (χ4n) is 2.27. The summed E-state index contributed by atoms with van der Waals surface area (Å²) in [5.74, 6) is 0.587. The lowest BCUT2D eigenvalue weighted by molar-refractivity contribution is -0.113. The van der Waals surface area contributed by atoms with Gasteiger partial charge in [-0.25, -0.2) is 0 Å². The lowest BCUT2D eigenvalue weighted by Gasteiger charge is -2.21. The number of carbonyl (C=O) groups is 1. The zero-order valence-corrected chi connectivity index (χ0v) is 12.7. The number of hydrogen-bond donors (Lipinski definition) is 2. The Bertz CT molecular complexity index is 434. The summed E-state index contributed by atoms with van der Waals surface area (Å²) < 4.78 is 5.14. The predicted octanol–water partition coefficient (Wildman–Crippen LogP) is 2.26. The van der Waals surface area contributed by atoms with Crippen LogP contribution in [-0.4, -0.2) is 37.1 Å². The van der Waals surface area contributed by atoms with E-state index in [0.717, 1.165) is 37.2 Å². The van der Waals surface area contributed by atoms with Gasteiger partial charge < -0.3 is 15.4 Å². The van der Waals surface area contributed by atoms with Gasteiger partial charge >= 0.3 is 0 Å². The lowest BCUT2D eigenvalue weighted by Crippen LogP contribution is -2.30. The smallest absolute Gasteiger partial charge is 0.234 e. The first-order valence-electron chi connectivity index (χ1n) is 6.98. The van der Waals surface area contributed by atoms with Gasteiger partial charge in [-0.3, -0.25) is 4.79 Å². The van der Waals surface area contributed by atoms with E-state index in [1.165, 1.54) is 0 Å². The molecule has 0 atom stereocenters. The minimum absolute atomic E-state index is 0.0667. The number of thioether (sulfide) groups is 1. The molecule has 20 heavy (non-hydrogen) atoms. The molecule has 1 aliphatic rings. The number of ether oxygens (including phenoxy) is 1. The van der Waals surface area contributed by atoms with Crippen molar-refractivity contribution in [3.63, 3.8) is 0 Å². The van der Waals surface area contributed by atoms with Crippen molar-refractivity contribution >= 4 is 23.4 Å². The molecule has 0 aromatic heterocycles. The molecule has 1 saturated heterocycles. The fourth-order valence-corrected chi connectivity index (χ4v) is 3.29. The third-order valence-corrected chi connectivity index (χ3v) is 4.70. The van der Waals surface area contributed by atoms with Crippen LogP contribution in [0.25, 0.3) is 0 Å². The molecule has 0 bridgehead atoms. The number of para-hydroxylation sites is 1. The molecule has 1 aromatic carbocycles. The molecular weight excluding hydrogens is 272 g/mol. The first-order valence-corrected chi connectivity index (χ1v) is 8.03. The minimum atomic E-state index is 0.0667. The molecule has 0 spiro atoms. The molecule has 2 N–H and O–H groups in total. The van der Waals surface area contributed by atoms with Gasteiger partial charge in [0.1, 0.15) is 0 Å². The molecule has 0 radical (unpaired) electrons. The highest BCUT2D eigenvalue weighted by molar-refractivity contribution is 8.00. The fraction of sp³-hybridized carbons (Fsp3) is 0.533. The second kappa shape index (κ2) is 8.29. The maximum atomic E-state index is 12.0. The lowest BCUT2D eigenvalue weighted by atomic mass is 10.2. The summed E-state index contributed by atoms with van der Waals surface area (Å²) in [5, 5.41) is 6.92. The van der Waals surface area contributed by atoms with E-state index in [0.29, 0.717) is 17.6 Å². The van der Waals surface area contributed by atoms with E-state index in [-0.39, 0.29) is 5.91 Å². The highest BCUT2D eigenvalue weighted by Gasteiger charge is 2.15. The zero-order valence-electron chi connectivity index (χ0n) is 11.9. The maximum absolute atomic E-state index is 12.0. The van der Waals surface area contributed by atoms with Crippen molar-refractivity contribution < 1.29 is 9.53 Å². The summed E-state index contributed by atoms with van der Waals surface area (Å²) in [4.78, 5) is 12.0. The van der Waals surface area contributed by atoms with E-state index in [4.69, 9.17) is 4.74 Å². The molecule has 1 heterocycles. The normalized spacial score (nSPS) is 16.1. The van der Waals surface area contributed by atoms with Crippen molar-refractivity contribution in [2.75, 3.05) is 31.3 Å². The van der Waals surface area contributed by atoms with Crippen LogP contribution in [0, 0.1) is 0 Å². The average molecular weight is 294 g/mol. The van der Waals surface area contributed by atoms with Gasteiger partial charge in [-0.1, -0.05) is 18.2 Å². The summed E-state index contributed by atoms with van der Waals surface area (Å²) in [6.45, 7) is 2.64. The number of amides is 1. The molecular formula is C15H22N2O2S. The number of rotatable bonds is 6. The van der Waals surface area contributed by atoms with Crippen LogP contribution in [0.15, 0.2) is 24.3 Å². The number of benzene rings is 1. The van der Waals surface area contributed by atoms with Crippen LogP contribution in [0.3, 0.4) is 0 Å². The van der Waals surface area contributed by atoms with E-state index in [1.54, 1.807) is 18.9 Å². The Morgan fingerprint density at radius 2 is 2.15 bits per heavy atom. The molecule has 1 fully saturated rings. The van der Waals surface area contributed by atoms with Crippen LogP contribution in [0.2, 0.25) is 0 Å². The summed E-state index contributed by atoms with van der Waals surface area (Å²) in [5.41, 5.74) is 1.86. The van der Waals surface area contributed by atoms with Gasteiger partial charge in [-0.2, -0.15) is 0 Å². The summed E-state index contributed by atoms with van der Waals surface area (Å²) in [6.07, 6.45) is 2.30. The van der Waals surface area contributed by atoms with Gasteiger partial charge in [0.15, 0.2) is 0 Å². The summed E-state index contributed by atoms with van der Waals surface area (Å²) >= 11 is 1.76. The summed E-state index contributed by atoms with van der Waals surface area (Å²) in [6, 6.07) is 7.77. The molecule has 1 aromatic rings. The molecule has 5 heteroatoms. The van der Waals surface area contributed by atoms with E-state index < -0.39 is 0 Å². The second-order valence-electron chi connectivity index (χ2n) is 4.90. The molecule has 2 rings (SSSR count). The molecule has 0 unspecified atom stereocenters. The molecule has 1 aliphatic heterocycles. The summed E-state index contributed by atoms with van der Waals surface area (Å²) in [7, 11) is 1.66. The van der Waals surface area contributed by atoms with Crippen LogP contribution in [0.4, 0.5) is 5.69 Å². The van der Waals surface area contributed by atoms with Gasteiger partial charge in [0.25, 0.3) is 0 Å². The van der Waals surface area contributed by atoms with Gasteiger partial charge in [0.2, 0.25) is 5.91 Å². The van der Waals surface area contributed by atoms with Crippen LogP contribution in [0.5, 0.6) is 0 Å². The quantitative estimate of drug-likeness (QED) is 0.845. The third-order valence-electron chi connectivity index (χ3n) is 3.33. The average Bonchev–Trinajstić information content (AvgIpc) is 2.49. The van der Waals surface area contributed by atoms with Gasteiger partial charge in [-0.15, -0.1) is 11.8 Å².